The van der Waals surface area contributed by atoms with Gasteiger partial charge in [0.15, 0.2) is 0 Å². The number of carbonyl (C=O) groups is 2. The van der Waals surface area contributed by atoms with Crippen LogP contribution in [0.1, 0.15) is 32.6 Å². The van der Waals surface area contributed by atoms with Gasteiger partial charge in [0.25, 0.3) is 11.8 Å². The average molecular weight is 238 g/mol. The summed E-state index contributed by atoms with van der Waals surface area (Å²) in [4.78, 5) is 25.9. The van der Waals surface area contributed by atoms with Crippen LogP contribution < -0.4 is 5.32 Å². The minimum absolute atomic E-state index is 0.00995. The van der Waals surface area contributed by atoms with Crippen molar-refractivity contribution in [1.29, 1.82) is 0 Å². The Bertz CT molecular complexity index is 336. The molecule has 2 amide bonds. The Morgan fingerprint density at radius 1 is 1.18 bits per heavy atom. The number of ether oxygens (including phenoxy) is 1. The summed E-state index contributed by atoms with van der Waals surface area (Å²) in [6, 6.07) is 0.199. The van der Waals surface area contributed by atoms with E-state index >= 15 is 0 Å². The molecule has 1 N–H and O–H groups in total. The van der Waals surface area contributed by atoms with Crippen LogP contribution in [0.4, 0.5) is 0 Å². The smallest absolute Gasteiger partial charge is 0.258 e. The van der Waals surface area contributed by atoms with Gasteiger partial charge in [0.2, 0.25) is 0 Å². The zero-order valence-corrected chi connectivity index (χ0v) is 10.0. The van der Waals surface area contributed by atoms with Crippen LogP contribution in [-0.4, -0.2) is 47.6 Å². The van der Waals surface area contributed by atoms with E-state index in [0.717, 1.165) is 19.4 Å². The summed E-state index contributed by atoms with van der Waals surface area (Å²) < 4.78 is 5.42. The van der Waals surface area contributed by atoms with Gasteiger partial charge in [0.1, 0.15) is 12.2 Å². The summed E-state index contributed by atoms with van der Waals surface area (Å²) in [6.45, 7) is 3.01. The molecule has 17 heavy (non-hydrogen) atoms. The zero-order chi connectivity index (χ0) is 12.0. The third kappa shape index (κ3) is 1.68. The lowest BCUT2D eigenvalue weighted by molar-refractivity contribution is -0.172. The highest BCUT2D eigenvalue weighted by atomic mass is 16.5. The second-order valence-electron chi connectivity index (χ2n) is 5.19. The van der Waals surface area contributed by atoms with E-state index in [1.165, 1.54) is 4.90 Å². The molecule has 3 aliphatic rings. The molecule has 94 valence electrons. The van der Waals surface area contributed by atoms with E-state index in [9.17, 15) is 9.59 Å². The molecule has 3 fully saturated rings. The molecule has 5 heteroatoms. The molecule has 0 aromatic rings. The van der Waals surface area contributed by atoms with Crippen molar-refractivity contribution in [3.05, 3.63) is 0 Å². The van der Waals surface area contributed by atoms with Crippen molar-refractivity contribution in [3.63, 3.8) is 0 Å². The van der Waals surface area contributed by atoms with Crippen molar-refractivity contribution >= 4 is 11.8 Å². The maximum Gasteiger partial charge on any atom is 0.258 e. The molecule has 3 aliphatic heterocycles. The Hall–Kier alpha value is -0.940. The molecule has 0 aliphatic carbocycles. The van der Waals surface area contributed by atoms with Crippen molar-refractivity contribution in [2.24, 2.45) is 0 Å². The summed E-state index contributed by atoms with van der Waals surface area (Å²) >= 11 is 0. The van der Waals surface area contributed by atoms with E-state index in [1.54, 1.807) is 0 Å². The standard InChI is InChI=1S/C12H18N2O3/c1-7-8(3-2-6-13-7)14-11(15)9-4-5-10(17-9)12(14)16/h7-10,13H,2-6H2,1H3. The third-order valence-electron chi connectivity index (χ3n) is 4.10. The second kappa shape index (κ2) is 4.07. The van der Waals surface area contributed by atoms with Gasteiger partial charge in [-0.2, -0.15) is 0 Å². The maximum atomic E-state index is 12.2. The van der Waals surface area contributed by atoms with Crippen LogP contribution in [0, 0.1) is 0 Å². The Labute approximate surface area is 100 Å². The number of likely N-dealkylation sites (tertiary alicyclic amines) is 1. The van der Waals surface area contributed by atoms with Crippen LogP contribution in [0.15, 0.2) is 0 Å². The van der Waals surface area contributed by atoms with Crippen LogP contribution in [0.5, 0.6) is 0 Å². The first-order valence-corrected chi connectivity index (χ1v) is 6.44. The highest BCUT2D eigenvalue weighted by molar-refractivity contribution is 6.02. The first-order chi connectivity index (χ1) is 8.18. The lowest BCUT2D eigenvalue weighted by atomic mass is 9.97. The third-order valence-corrected chi connectivity index (χ3v) is 4.10. The first-order valence-electron chi connectivity index (χ1n) is 6.44. The number of fused-ring (bicyclic) bond motifs is 2. The fourth-order valence-electron chi connectivity index (χ4n) is 3.13. The fourth-order valence-corrected chi connectivity index (χ4v) is 3.13. The second-order valence-corrected chi connectivity index (χ2v) is 5.19. The molecule has 2 bridgehead atoms. The highest BCUT2D eigenvalue weighted by Crippen LogP contribution is 2.31. The Kier molecular flexibility index (Phi) is 2.67. The quantitative estimate of drug-likeness (QED) is 0.655. The van der Waals surface area contributed by atoms with E-state index in [0.29, 0.717) is 12.8 Å². The molecule has 4 atom stereocenters. The number of piperidine rings is 1. The van der Waals surface area contributed by atoms with Gasteiger partial charge in [-0.1, -0.05) is 0 Å². The van der Waals surface area contributed by atoms with E-state index in [-0.39, 0.29) is 36.1 Å². The number of hydrogen-bond acceptors (Lipinski definition) is 4. The lowest BCUT2D eigenvalue weighted by Gasteiger charge is -2.41. The predicted octanol–water partition coefficient (Wildman–Crippen LogP) is 0.0433. The first kappa shape index (κ1) is 11.2. The van der Waals surface area contributed by atoms with Crippen molar-refractivity contribution in [2.45, 2.75) is 56.9 Å². The molecule has 3 rings (SSSR count). The summed E-state index contributed by atoms with van der Waals surface area (Å²) in [5, 5.41) is 3.33. The number of amides is 2. The van der Waals surface area contributed by atoms with Crippen molar-refractivity contribution in [3.8, 4) is 0 Å². The summed E-state index contributed by atoms with van der Waals surface area (Å²) in [7, 11) is 0. The van der Waals surface area contributed by atoms with Gasteiger partial charge in [-0.05, 0) is 39.2 Å². The van der Waals surface area contributed by atoms with E-state index in [4.69, 9.17) is 4.74 Å². The zero-order valence-electron chi connectivity index (χ0n) is 10.0. The van der Waals surface area contributed by atoms with Crippen molar-refractivity contribution < 1.29 is 14.3 Å². The minimum atomic E-state index is -0.369. The molecular formula is C12H18N2O3. The number of nitrogens with zero attached hydrogens (tertiary/aromatic N) is 1. The predicted molar refractivity (Wildman–Crippen MR) is 60.2 cm³/mol. The number of rotatable bonds is 1. The molecule has 3 saturated heterocycles. The molecule has 3 heterocycles. The summed E-state index contributed by atoms with van der Waals surface area (Å²) in [5.41, 5.74) is 0. The largest absolute Gasteiger partial charge is 0.355 e. The Morgan fingerprint density at radius 3 is 2.41 bits per heavy atom. The van der Waals surface area contributed by atoms with Gasteiger partial charge in [0.05, 0.1) is 6.04 Å². The van der Waals surface area contributed by atoms with Crippen LogP contribution in [0.3, 0.4) is 0 Å². The number of imide groups is 1. The van der Waals surface area contributed by atoms with Gasteiger partial charge < -0.3 is 10.1 Å². The molecule has 0 radical (unpaired) electrons. The molecule has 0 aromatic heterocycles. The Balaban J connectivity index is 1.85. The van der Waals surface area contributed by atoms with Crippen molar-refractivity contribution in [2.75, 3.05) is 6.54 Å². The Morgan fingerprint density at radius 2 is 1.82 bits per heavy atom. The van der Waals surface area contributed by atoms with Gasteiger partial charge in [-0.25, -0.2) is 0 Å². The molecular weight excluding hydrogens is 220 g/mol. The monoisotopic (exact) mass is 238 g/mol. The van der Waals surface area contributed by atoms with E-state index in [1.807, 2.05) is 6.92 Å². The maximum absolute atomic E-state index is 12.2. The van der Waals surface area contributed by atoms with E-state index < -0.39 is 0 Å². The molecule has 0 aromatic carbocycles. The van der Waals surface area contributed by atoms with E-state index in [2.05, 4.69) is 5.32 Å². The fraction of sp³-hybridized carbons (Fsp3) is 0.833. The topological polar surface area (TPSA) is 58.6 Å². The number of hydrogen-bond donors (Lipinski definition) is 1. The van der Waals surface area contributed by atoms with Gasteiger partial charge in [-0.3, -0.25) is 14.5 Å². The SMILES string of the molecule is CC1NCCCC1N1C(=O)C2CCC(O2)C1=O. The van der Waals surface area contributed by atoms with Crippen LogP contribution in [-0.2, 0) is 14.3 Å². The van der Waals surface area contributed by atoms with Crippen LogP contribution in [0.2, 0.25) is 0 Å². The van der Waals surface area contributed by atoms with Crippen molar-refractivity contribution in [1.82, 2.24) is 10.2 Å². The minimum Gasteiger partial charge on any atom is -0.355 e. The summed E-state index contributed by atoms with van der Waals surface area (Å²) in [5.74, 6) is -0.242. The number of carbonyl (C=O) groups excluding carboxylic acids is 2. The van der Waals surface area contributed by atoms with Gasteiger partial charge in [-0.15, -0.1) is 0 Å². The molecule has 4 unspecified atom stereocenters. The number of morpholine rings is 1. The highest BCUT2D eigenvalue weighted by Gasteiger charge is 2.49. The summed E-state index contributed by atoms with van der Waals surface area (Å²) in [6.07, 6.45) is 2.58. The molecule has 0 spiro atoms. The molecule has 0 saturated carbocycles. The normalized spacial score (nSPS) is 42.1. The van der Waals surface area contributed by atoms with Crippen LogP contribution in [0.25, 0.3) is 0 Å². The average Bonchev–Trinajstić information content (AvgIpc) is 2.76. The van der Waals surface area contributed by atoms with Gasteiger partial charge >= 0.3 is 0 Å². The van der Waals surface area contributed by atoms with Gasteiger partial charge in [0, 0.05) is 6.04 Å². The van der Waals surface area contributed by atoms with Crippen LogP contribution >= 0.6 is 0 Å². The number of nitrogens with one attached hydrogen (secondary N) is 1. The lowest BCUT2D eigenvalue weighted by Crippen LogP contribution is -2.62. The molecule has 5 nitrogen and oxygen atoms in total.